The number of nitrogens with one attached hydrogen (secondary N) is 3. The summed E-state index contributed by atoms with van der Waals surface area (Å²) in [7, 11) is 0. The fourth-order valence-corrected chi connectivity index (χ4v) is 4.58. The molecule has 34 heavy (non-hydrogen) atoms. The van der Waals surface area contributed by atoms with Crippen LogP contribution in [0.4, 0.5) is 11.6 Å². The minimum absolute atomic E-state index is 0.0640. The molecule has 2 aromatic carbocycles. The molecule has 0 saturated heterocycles. The third-order valence-electron chi connectivity index (χ3n) is 5.19. The molecule has 2 heterocycles. The number of para-hydroxylation sites is 1. The average molecular weight is 471 g/mol. The number of hydrogen-bond donors (Lipinski definition) is 3. The zero-order valence-corrected chi connectivity index (χ0v) is 19.2. The minimum Gasteiger partial charge on any atom is -0.449 e. The van der Waals surface area contributed by atoms with Crippen LogP contribution >= 0.6 is 11.8 Å². The molecule has 0 aliphatic carbocycles. The minimum atomic E-state index is -0.577. The third kappa shape index (κ3) is 5.22. The van der Waals surface area contributed by atoms with Crippen molar-refractivity contribution < 1.29 is 14.0 Å². The van der Waals surface area contributed by atoms with Gasteiger partial charge in [-0.2, -0.15) is 5.26 Å². The number of carbonyl (C=O) groups excluding carboxylic acids is 2. The number of dihydropyridines is 1. The van der Waals surface area contributed by atoms with Crippen LogP contribution in [0.5, 0.6) is 0 Å². The number of nitrogens with zero attached hydrogens (tertiary/aromatic N) is 1. The van der Waals surface area contributed by atoms with Crippen molar-refractivity contribution in [1.82, 2.24) is 5.32 Å². The standard InChI is InChI=1S/C26H22N4O3S/c1-17-23(25(32)29-19-11-6-3-7-12-19)24(18-9-4-2-5-10-18)20(15-27)26(28-17)34-16-21(31)30-22-13-8-14-33-22/h2-14,24,28H,16H2,1H3,(H,29,32)(H,30,31). The summed E-state index contributed by atoms with van der Waals surface area (Å²) in [4.78, 5) is 25.7. The molecule has 0 bridgehead atoms. The van der Waals surface area contributed by atoms with Crippen LogP contribution in [0.1, 0.15) is 18.4 Å². The lowest BCUT2D eigenvalue weighted by molar-refractivity contribution is -0.114. The Labute approximate surface area is 201 Å². The number of carbonyl (C=O) groups is 2. The lowest BCUT2D eigenvalue weighted by Gasteiger charge is -2.29. The highest BCUT2D eigenvalue weighted by atomic mass is 32.2. The normalized spacial score (nSPS) is 15.4. The Hall–Kier alpha value is -4.22. The molecule has 3 aromatic rings. The maximum atomic E-state index is 13.4. The fraction of sp³-hybridized carbons (Fsp3) is 0.115. The van der Waals surface area contributed by atoms with Gasteiger partial charge < -0.3 is 15.1 Å². The molecule has 7 nitrogen and oxygen atoms in total. The molecule has 0 radical (unpaired) electrons. The Kier molecular flexibility index (Phi) is 7.16. The van der Waals surface area contributed by atoms with Gasteiger partial charge in [-0.15, -0.1) is 0 Å². The lowest BCUT2D eigenvalue weighted by Crippen LogP contribution is -2.31. The summed E-state index contributed by atoms with van der Waals surface area (Å²) in [6, 6.07) is 24.2. The summed E-state index contributed by atoms with van der Waals surface area (Å²) >= 11 is 1.21. The summed E-state index contributed by atoms with van der Waals surface area (Å²) in [5.74, 6) is -0.717. The van der Waals surface area contributed by atoms with Gasteiger partial charge in [0.05, 0.1) is 34.6 Å². The predicted molar refractivity (Wildman–Crippen MR) is 133 cm³/mol. The zero-order valence-electron chi connectivity index (χ0n) is 18.4. The van der Waals surface area contributed by atoms with E-state index < -0.39 is 5.92 Å². The van der Waals surface area contributed by atoms with Gasteiger partial charge in [-0.1, -0.05) is 60.3 Å². The number of furan rings is 1. The second-order valence-electron chi connectivity index (χ2n) is 7.50. The molecule has 0 fully saturated rings. The third-order valence-corrected chi connectivity index (χ3v) is 6.21. The van der Waals surface area contributed by atoms with Crippen LogP contribution in [0.25, 0.3) is 0 Å². The van der Waals surface area contributed by atoms with E-state index in [1.54, 1.807) is 19.1 Å². The molecule has 2 amide bonds. The molecule has 3 N–H and O–H groups in total. The summed E-state index contributed by atoms with van der Waals surface area (Å²) in [5, 5.41) is 19.4. The first-order valence-electron chi connectivity index (χ1n) is 10.6. The van der Waals surface area contributed by atoms with Crippen LogP contribution in [0, 0.1) is 11.3 Å². The first-order valence-corrected chi connectivity index (χ1v) is 11.5. The second kappa shape index (κ2) is 10.6. The quantitative estimate of drug-likeness (QED) is 0.449. The summed E-state index contributed by atoms with van der Waals surface area (Å²) in [6.07, 6.45) is 1.47. The van der Waals surface area contributed by atoms with E-state index in [-0.39, 0.29) is 17.6 Å². The van der Waals surface area contributed by atoms with Gasteiger partial charge in [-0.3, -0.25) is 14.9 Å². The number of anilines is 2. The molecule has 170 valence electrons. The SMILES string of the molecule is CC1=C(C(=O)Nc2ccccc2)C(c2ccccc2)C(C#N)=C(SCC(=O)Nc2ccco2)N1. The van der Waals surface area contributed by atoms with E-state index in [4.69, 9.17) is 4.42 Å². The smallest absolute Gasteiger partial charge is 0.254 e. The highest BCUT2D eigenvalue weighted by molar-refractivity contribution is 8.03. The molecule has 1 atom stereocenters. The Morgan fingerprint density at radius 1 is 1.03 bits per heavy atom. The van der Waals surface area contributed by atoms with Gasteiger partial charge in [-0.25, -0.2) is 0 Å². The van der Waals surface area contributed by atoms with Gasteiger partial charge in [0.15, 0.2) is 5.88 Å². The van der Waals surface area contributed by atoms with Crippen molar-refractivity contribution in [2.24, 2.45) is 0 Å². The van der Waals surface area contributed by atoms with Crippen LogP contribution in [-0.4, -0.2) is 17.6 Å². The molecule has 1 aliphatic rings. The van der Waals surface area contributed by atoms with Crippen LogP contribution in [0.2, 0.25) is 0 Å². The first-order chi connectivity index (χ1) is 16.6. The van der Waals surface area contributed by atoms with Crippen molar-refractivity contribution >= 4 is 35.1 Å². The molecule has 0 spiro atoms. The van der Waals surface area contributed by atoms with Crippen LogP contribution in [-0.2, 0) is 9.59 Å². The van der Waals surface area contributed by atoms with Crippen molar-refractivity contribution in [3.05, 3.63) is 106 Å². The van der Waals surface area contributed by atoms with Crippen molar-refractivity contribution in [3.63, 3.8) is 0 Å². The van der Waals surface area contributed by atoms with Gasteiger partial charge in [0.25, 0.3) is 5.91 Å². The fourth-order valence-electron chi connectivity index (χ4n) is 3.69. The first kappa shape index (κ1) is 23.0. The Balaban J connectivity index is 1.63. The summed E-state index contributed by atoms with van der Waals surface area (Å²) in [5.41, 5.74) is 2.94. The van der Waals surface area contributed by atoms with Crippen molar-refractivity contribution in [2.75, 3.05) is 16.4 Å². The maximum absolute atomic E-state index is 13.4. The highest BCUT2D eigenvalue weighted by Gasteiger charge is 2.34. The predicted octanol–water partition coefficient (Wildman–Crippen LogP) is 4.99. The van der Waals surface area contributed by atoms with E-state index in [0.717, 1.165) is 5.56 Å². The van der Waals surface area contributed by atoms with E-state index >= 15 is 0 Å². The second-order valence-corrected chi connectivity index (χ2v) is 8.48. The molecule has 1 aliphatic heterocycles. The van der Waals surface area contributed by atoms with E-state index in [0.29, 0.717) is 33.4 Å². The number of benzene rings is 2. The molecular formula is C26H22N4O3S. The number of rotatable bonds is 7. The lowest BCUT2D eigenvalue weighted by atomic mass is 9.82. The highest BCUT2D eigenvalue weighted by Crippen LogP contribution is 2.40. The average Bonchev–Trinajstić information content (AvgIpc) is 3.36. The summed E-state index contributed by atoms with van der Waals surface area (Å²) < 4.78 is 5.15. The van der Waals surface area contributed by atoms with Gasteiger partial charge in [0.2, 0.25) is 5.91 Å². The largest absolute Gasteiger partial charge is 0.449 e. The molecule has 1 aromatic heterocycles. The maximum Gasteiger partial charge on any atom is 0.254 e. The molecule has 4 rings (SSSR count). The number of allylic oxidation sites excluding steroid dienone is 2. The molecule has 0 saturated carbocycles. The molecule has 1 unspecified atom stereocenters. The number of thioether (sulfide) groups is 1. The van der Waals surface area contributed by atoms with Crippen LogP contribution in [0.3, 0.4) is 0 Å². The Morgan fingerprint density at radius 3 is 2.38 bits per heavy atom. The Morgan fingerprint density at radius 2 is 1.74 bits per heavy atom. The van der Waals surface area contributed by atoms with Gasteiger partial charge in [0.1, 0.15) is 0 Å². The van der Waals surface area contributed by atoms with Crippen molar-refractivity contribution in [2.45, 2.75) is 12.8 Å². The van der Waals surface area contributed by atoms with E-state index in [1.165, 1.54) is 18.0 Å². The van der Waals surface area contributed by atoms with Crippen LogP contribution < -0.4 is 16.0 Å². The number of amides is 2. The van der Waals surface area contributed by atoms with Crippen molar-refractivity contribution in [3.8, 4) is 6.07 Å². The van der Waals surface area contributed by atoms with E-state index in [2.05, 4.69) is 22.0 Å². The zero-order chi connectivity index (χ0) is 23.9. The van der Waals surface area contributed by atoms with Gasteiger partial charge in [-0.05, 0) is 30.7 Å². The number of hydrogen-bond acceptors (Lipinski definition) is 6. The van der Waals surface area contributed by atoms with Gasteiger partial charge >= 0.3 is 0 Å². The van der Waals surface area contributed by atoms with Crippen LogP contribution in [0.15, 0.2) is 105 Å². The van der Waals surface area contributed by atoms with E-state index in [1.807, 2.05) is 60.7 Å². The monoisotopic (exact) mass is 470 g/mol. The topological polar surface area (TPSA) is 107 Å². The Bertz CT molecular complexity index is 1280. The van der Waals surface area contributed by atoms with Crippen molar-refractivity contribution in [1.29, 1.82) is 5.26 Å². The molecular weight excluding hydrogens is 448 g/mol. The van der Waals surface area contributed by atoms with E-state index in [9.17, 15) is 14.9 Å². The number of nitriles is 1. The summed E-state index contributed by atoms with van der Waals surface area (Å²) in [6.45, 7) is 1.80. The molecule has 8 heteroatoms. The van der Waals surface area contributed by atoms with Gasteiger partial charge in [0, 0.05) is 23.0 Å².